The van der Waals surface area contributed by atoms with Crippen LogP contribution in [-0.4, -0.2) is 13.4 Å². The minimum absolute atomic E-state index is 0.171. The van der Waals surface area contributed by atoms with Crippen molar-refractivity contribution in [3.63, 3.8) is 0 Å². The van der Waals surface area contributed by atoms with Crippen LogP contribution in [0.4, 0.5) is 0 Å². The first kappa shape index (κ1) is 20.2. The highest BCUT2D eigenvalue weighted by Crippen LogP contribution is 2.28. The summed E-state index contributed by atoms with van der Waals surface area (Å²) in [7, 11) is -3.51. The lowest BCUT2D eigenvalue weighted by molar-refractivity contribution is 0.477. The average molecular weight is 440 g/mol. The maximum absolute atomic E-state index is 12.8. The molecule has 30 heavy (non-hydrogen) atoms. The summed E-state index contributed by atoms with van der Waals surface area (Å²) >= 11 is 5.99. The molecule has 0 spiro atoms. The Hall–Kier alpha value is -3.09. The second kappa shape index (κ2) is 8.73. The molecule has 0 aliphatic rings. The molecule has 5 nitrogen and oxygen atoms in total. The summed E-state index contributed by atoms with van der Waals surface area (Å²) in [5.41, 5.74) is 1.61. The fourth-order valence-electron chi connectivity index (χ4n) is 2.98. The largest absolute Gasteiger partial charge is 0.457 e. The Bertz CT molecular complexity index is 1250. The van der Waals surface area contributed by atoms with Gasteiger partial charge in [0.25, 0.3) is 0 Å². The molecule has 0 atom stereocenters. The molecule has 0 aliphatic carbocycles. The number of rotatable bonds is 7. The first-order chi connectivity index (χ1) is 14.5. The van der Waals surface area contributed by atoms with E-state index in [1.54, 1.807) is 42.5 Å². The number of hydrogen-bond donors (Lipinski definition) is 0. The Morgan fingerprint density at radius 2 is 1.67 bits per heavy atom. The molecule has 152 valence electrons. The third-order valence-corrected chi connectivity index (χ3v) is 6.03. The molecule has 0 saturated carbocycles. The molecule has 4 aromatic rings. The van der Waals surface area contributed by atoms with E-state index in [4.69, 9.17) is 20.8 Å². The highest BCUT2D eigenvalue weighted by Gasteiger charge is 2.19. The number of benzene rings is 3. The monoisotopic (exact) mass is 439 g/mol. The maximum atomic E-state index is 12.8. The molecule has 1 aromatic heterocycles. The first-order valence-electron chi connectivity index (χ1n) is 9.20. The van der Waals surface area contributed by atoms with Crippen molar-refractivity contribution in [1.29, 1.82) is 0 Å². The van der Waals surface area contributed by atoms with Gasteiger partial charge < -0.3 is 9.15 Å². The van der Waals surface area contributed by atoms with Gasteiger partial charge in [0.15, 0.2) is 9.84 Å². The fourth-order valence-corrected chi connectivity index (χ4v) is 4.57. The van der Waals surface area contributed by atoms with E-state index in [0.29, 0.717) is 39.2 Å². The Morgan fingerprint density at radius 1 is 0.900 bits per heavy atom. The average Bonchev–Trinajstić information content (AvgIpc) is 3.18. The number of para-hydroxylation sites is 2. The zero-order chi connectivity index (χ0) is 21.0. The Labute approximate surface area is 179 Å². The summed E-state index contributed by atoms with van der Waals surface area (Å²) in [6.45, 7) is 0. The van der Waals surface area contributed by atoms with Crippen molar-refractivity contribution in [3.05, 3.63) is 101 Å². The van der Waals surface area contributed by atoms with Crippen molar-refractivity contribution in [2.75, 3.05) is 0 Å². The van der Waals surface area contributed by atoms with Crippen molar-refractivity contribution in [2.24, 2.45) is 0 Å². The first-order valence-corrected chi connectivity index (χ1v) is 11.4. The van der Waals surface area contributed by atoms with Gasteiger partial charge in [0.05, 0.1) is 17.2 Å². The van der Waals surface area contributed by atoms with Crippen LogP contribution in [0.5, 0.6) is 11.5 Å². The number of halogens is 1. The molecule has 0 aliphatic heterocycles. The van der Waals surface area contributed by atoms with Crippen LogP contribution in [0, 0.1) is 0 Å². The van der Waals surface area contributed by atoms with Crippen LogP contribution in [0.25, 0.3) is 11.5 Å². The van der Waals surface area contributed by atoms with Crippen molar-refractivity contribution >= 4 is 21.4 Å². The van der Waals surface area contributed by atoms with Crippen molar-refractivity contribution < 1.29 is 17.6 Å². The molecule has 0 fully saturated rings. The number of nitrogens with zero attached hydrogens (tertiary/aromatic N) is 1. The van der Waals surface area contributed by atoms with E-state index >= 15 is 0 Å². The number of aromatic nitrogens is 1. The SMILES string of the molecule is O=S(=O)(Cc1coc(-c2cccc(Cl)c2)n1)Cc1ccccc1Oc1ccccc1. The Kier molecular flexibility index (Phi) is 5.88. The van der Waals surface area contributed by atoms with E-state index in [-0.39, 0.29) is 11.5 Å². The highest BCUT2D eigenvalue weighted by molar-refractivity contribution is 7.89. The van der Waals surface area contributed by atoms with Gasteiger partial charge in [-0.05, 0) is 36.4 Å². The standard InChI is InChI=1S/C23H18ClNO4S/c24-19-9-6-8-17(13-19)23-25-20(14-28-23)16-30(26,27)15-18-7-4-5-12-22(18)29-21-10-2-1-3-11-21/h1-14H,15-16H2. The lowest BCUT2D eigenvalue weighted by atomic mass is 10.2. The van der Waals surface area contributed by atoms with Gasteiger partial charge >= 0.3 is 0 Å². The zero-order valence-electron chi connectivity index (χ0n) is 15.9. The van der Waals surface area contributed by atoms with Gasteiger partial charge in [-0.3, -0.25) is 0 Å². The molecule has 1 heterocycles. The third kappa shape index (κ3) is 5.09. The van der Waals surface area contributed by atoms with Gasteiger partial charge in [0.1, 0.15) is 17.8 Å². The summed E-state index contributed by atoms with van der Waals surface area (Å²) in [5.74, 6) is 1.07. The van der Waals surface area contributed by atoms with Crippen LogP contribution in [0.3, 0.4) is 0 Å². The predicted octanol–water partition coefficient (Wildman–Crippen LogP) is 5.90. The third-order valence-electron chi connectivity index (χ3n) is 4.31. The van der Waals surface area contributed by atoms with Gasteiger partial charge in [-0.25, -0.2) is 13.4 Å². The normalized spacial score (nSPS) is 11.4. The van der Waals surface area contributed by atoms with Crippen molar-refractivity contribution in [2.45, 2.75) is 11.5 Å². The predicted molar refractivity (Wildman–Crippen MR) is 116 cm³/mol. The Balaban J connectivity index is 1.51. The Morgan fingerprint density at radius 3 is 2.47 bits per heavy atom. The molecule has 0 N–H and O–H groups in total. The second-order valence-corrected chi connectivity index (χ2v) is 9.21. The van der Waals surface area contributed by atoms with Crippen LogP contribution < -0.4 is 4.74 Å². The molecule has 0 amide bonds. The summed E-state index contributed by atoms with van der Waals surface area (Å²) in [6, 6.07) is 23.4. The molecular formula is C23H18ClNO4S. The zero-order valence-corrected chi connectivity index (χ0v) is 17.4. The number of ether oxygens (including phenoxy) is 1. The van der Waals surface area contributed by atoms with Crippen LogP contribution >= 0.6 is 11.6 Å². The maximum Gasteiger partial charge on any atom is 0.226 e. The quantitative estimate of drug-likeness (QED) is 0.358. The minimum Gasteiger partial charge on any atom is -0.457 e. The molecule has 0 unspecified atom stereocenters. The van der Waals surface area contributed by atoms with E-state index in [2.05, 4.69) is 4.98 Å². The van der Waals surface area contributed by atoms with Gasteiger partial charge in [0, 0.05) is 16.1 Å². The van der Waals surface area contributed by atoms with Crippen LogP contribution in [0.2, 0.25) is 5.02 Å². The van der Waals surface area contributed by atoms with E-state index in [1.165, 1.54) is 6.26 Å². The summed E-state index contributed by atoms with van der Waals surface area (Å²) in [5, 5.41) is 0.551. The van der Waals surface area contributed by atoms with Crippen molar-refractivity contribution in [1.82, 2.24) is 4.98 Å². The fraction of sp³-hybridized carbons (Fsp3) is 0.0870. The summed E-state index contributed by atoms with van der Waals surface area (Å²) in [4.78, 5) is 4.30. The molecule has 0 bridgehead atoms. The highest BCUT2D eigenvalue weighted by atomic mass is 35.5. The number of sulfone groups is 1. The molecule has 0 saturated heterocycles. The van der Waals surface area contributed by atoms with Gasteiger partial charge in [-0.15, -0.1) is 0 Å². The van der Waals surface area contributed by atoms with Gasteiger partial charge in [0.2, 0.25) is 5.89 Å². The number of hydrogen-bond acceptors (Lipinski definition) is 5. The van der Waals surface area contributed by atoms with Gasteiger partial charge in [-0.1, -0.05) is 54.1 Å². The molecule has 0 radical (unpaired) electrons. The van der Waals surface area contributed by atoms with E-state index in [9.17, 15) is 8.42 Å². The van der Waals surface area contributed by atoms with E-state index in [0.717, 1.165) is 0 Å². The molecular weight excluding hydrogens is 422 g/mol. The number of oxazole rings is 1. The second-order valence-electron chi connectivity index (χ2n) is 6.71. The summed E-state index contributed by atoms with van der Waals surface area (Å²) in [6.07, 6.45) is 1.36. The molecule has 7 heteroatoms. The minimum atomic E-state index is -3.51. The van der Waals surface area contributed by atoms with Crippen LogP contribution in [-0.2, 0) is 21.3 Å². The topological polar surface area (TPSA) is 69.4 Å². The van der Waals surface area contributed by atoms with Crippen LogP contribution in [0.15, 0.2) is 89.5 Å². The lowest BCUT2D eigenvalue weighted by Crippen LogP contribution is -2.08. The lowest BCUT2D eigenvalue weighted by Gasteiger charge is -2.11. The molecule has 4 rings (SSSR count). The van der Waals surface area contributed by atoms with Gasteiger partial charge in [-0.2, -0.15) is 0 Å². The van der Waals surface area contributed by atoms with Crippen molar-refractivity contribution in [3.8, 4) is 23.0 Å². The smallest absolute Gasteiger partial charge is 0.226 e. The van der Waals surface area contributed by atoms with Crippen LogP contribution in [0.1, 0.15) is 11.3 Å². The summed E-state index contributed by atoms with van der Waals surface area (Å²) < 4.78 is 36.9. The van der Waals surface area contributed by atoms with E-state index < -0.39 is 9.84 Å². The molecule has 3 aromatic carbocycles. The van der Waals surface area contributed by atoms with E-state index in [1.807, 2.05) is 36.4 Å².